The number of amides is 1. The minimum atomic E-state index is -0.0159. The number of hydrogen-bond acceptors (Lipinski definition) is 2. The molecule has 2 rings (SSSR count). The van der Waals surface area contributed by atoms with Crippen LogP contribution in [0.25, 0.3) is 0 Å². The second-order valence-corrected chi connectivity index (χ2v) is 4.81. The molecule has 1 aromatic heterocycles. The van der Waals surface area contributed by atoms with E-state index in [1.807, 2.05) is 4.90 Å². The quantitative estimate of drug-likeness (QED) is 0.757. The minimum absolute atomic E-state index is 0.0159. The van der Waals surface area contributed by atoms with E-state index in [0.717, 1.165) is 13.0 Å². The Morgan fingerprint density at radius 1 is 1.56 bits per heavy atom. The van der Waals surface area contributed by atoms with Crippen molar-refractivity contribution < 1.29 is 9.21 Å². The predicted molar refractivity (Wildman–Crippen MR) is 62.6 cm³/mol. The zero-order chi connectivity index (χ0) is 11.7. The van der Waals surface area contributed by atoms with Gasteiger partial charge in [-0.05, 0) is 43.4 Å². The number of carbonyl (C=O) groups excluding carboxylic acids is 1. The molecule has 0 spiro atoms. The van der Waals surface area contributed by atoms with Crippen LogP contribution in [0.5, 0.6) is 0 Å². The van der Waals surface area contributed by atoms with Gasteiger partial charge in [0.05, 0.1) is 11.8 Å². The predicted octanol–water partition coefficient (Wildman–Crippen LogP) is 3.19. The number of rotatable bonds is 1. The Morgan fingerprint density at radius 3 is 2.94 bits per heavy atom. The van der Waals surface area contributed by atoms with Crippen molar-refractivity contribution in [2.45, 2.75) is 32.7 Å². The van der Waals surface area contributed by atoms with E-state index < -0.39 is 0 Å². The molecule has 3 nitrogen and oxygen atoms in total. The summed E-state index contributed by atoms with van der Waals surface area (Å²) in [5, 5.41) is 0.190. The van der Waals surface area contributed by atoms with E-state index in [1.54, 1.807) is 6.07 Å². The highest BCUT2D eigenvalue weighted by atomic mass is 35.5. The van der Waals surface area contributed by atoms with E-state index in [9.17, 15) is 4.79 Å². The maximum Gasteiger partial charge on any atom is 0.258 e. The largest absolute Gasteiger partial charge is 0.452 e. The Bertz CT molecular complexity index is 388. The topological polar surface area (TPSA) is 33.5 Å². The van der Waals surface area contributed by atoms with E-state index in [2.05, 4.69) is 13.8 Å². The summed E-state index contributed by atoms with van der Waals surface area (Å²) in [7, 11) is 0. The zero-order valence-corrected chi connectivity index (χ0v) is 10.3. The lowest BCUT2D eigenvalue weighted by atomic mass is 9.91. The lowest BCUT2D eigenvalue weighted by molar-refractivity contribution is 0.0550. The SMILES string of the molecule is CC1CCCN(C(=O)c2ccoc2Cl)C1C. The first-order valence-electron chi connectivity index (χ1n) is 5.65. The molecule has 1 aliphatic heterocycles. The summed E-state index contributed by atoms with van der Waals surface area (Å²) in [6.45, 7) is 5.09. The average Bonchev–Trinajstić information content (AvgIpc) is 2.68. The Morgan fingerprint density at radius 2 is 2.31 bits per heavy atom. The first-order chi connectivity index (χ1) is 7.61. The van der Waals surface area contributed by atoms with Crippen LogP contribution in [0.3, 0.4) is 0 Å². The van der Waals surface area contributed by atoms with E-state index in [1.165, 1.54) is 12.7 Å². The highest BCUT2D eigenvalue weighted by Gasteiger charge is 2.30. The molecule has 0 saturated carbocycles. The molecule has 4 heteroatoms. The van der Waals surface area contributed by atoms with Crippen LogP contribution in [-0.2, 0) is 0 Å². The molecule has 16 heavy (non-hydrogen) atoms. The van der Waals surface area contributed by atoms with Crippen LogP contribution in [0, 0.1) is 5.92 Å². The average molecular weight is 242 g/mol. The van der Waals surface area contributed by atoms with Gasteiger partial charge in [-0.15, -0.1) is 0 Å². The molecule has 0 N–H and O–H groups in total. The van der Waals surface area contributed by atoms with Gasteiger partial charge in [-0.1, -0.05) is 6.92 Å². The van der Waals surface area contributed by atoms with Gasteiger partial charge in [0.2, 0.25) is 5.22 Å². The Hall–Kier alpha value is -0.960. The molecule has 0 bridgehead atoms. The molecule has 88 valence electrons. The Labute approximate surface area is 100 Å². The van der Waals surface area contributed by atoms with Crippen LogP contribution in [0.1, 0.15) is 37.0 Å². The van der Waals surface area contributed by atoms with Crippen molar-refractivity contribution in [3.05, 3.63) is 23.1 Å². The number of carbonyl (C=O) groups is 1. The molecule has 2 atom stereocenters. The molecule has 1 aliphatic rings. The number of likely N-dealkylation sites (tertiary alicyclic amines) is 1. The van der Waals surface area contributed by atoms with Crippen LogP contribution in [-0.4, -0.2) is 23.4 Å². The van der Waals surface area contributed by atoms with Crippen molar-refractivity contribution in [3.8, 4) is 0 Å². The van der Waals surface area contributed by atoms with Crippen LogP contribution < -0.4 is 0 Å². The van der Waals surface area contributed by atoms with Crippen LogP contribution in [0.4, 0.5) is 0 Å². The lowest BCUT2D eigenvalue weighted by Crippen LogP contribution is -2.45. The van der Waals surface area contributed by atoms with Crippen molar-refractivity contribution in [2.75, 3.05) is 6.54 Å². The fourth-order valence-electron chi connectivity index (χ4n) is 2.22. The van der Waals surface area contributed by atoms with Crippen molar-refractivity contribution in [3.63, 3.8) is 0 Å². The Kier molecular flexibility index (Phi) is 3.24. The van der Waals surface area contributed by atoms with E-state index >= 15 is 0 Å². The molecule has 0 aromatic carbocycles. The smallest absolute Gasteiger partial charge is 0.258 e. The molecule has 2 heterocycles. The number of halogens is 1. The third-order valence-electron chi connectivity index (χ3n) is 3.48. The maximum atomic E-state index is 12.2. The van der Waals surface area contributed by atoms with Gasteiger partial charge >= 0.3 is 0 Å². The van der Waals surface area contributed by atoms with E-state index in [0.29, 0.717) is 11.5 Å². The second kappa shape index (κ2) is 4.50. The standard InChI is InChI=1S/C12H16ClNO2/c1-8-4-3-6-14(9(8)2)12(15)10-5-7-16-11(10)13/h5,7-9H,3-4,6H2,1-2H3. The first-order valence-corrected chi connectivity index (χ1v) is 6.03. The van der Waals surface area contributed by atoms with E-state index in [4.69, 9.17) is 16.0 Å². The van der Waals surface area contributed by atoms with Crippen molar-refractivity contribution >= 4 is 17.5 Å². The van der Waals surface area contributed by atoms with Gasteiger partial charge in [-0.25, -0.2) is 0 Å². The summed E-state index contributed by atoms with van der Waals surface area (Å²) in [6.07, 6.45) is 3.70. The number of piperidine rings is 1. The molecule has 1 amide bonds. The fraction of sp³-hybridized carbons (Fsp3) is 0.583. The van der Waals surface area contributed by atoms with Crippen LogP contribution in [0.2, 0.25) is 5.22 Å². The molecular formula is C12H16ClNO2. The third kappa shape index (κ3) is 1.96. The van der Waals surface area contributed by atoms with Crippen LogP contribution in [0.15, 0.2) is 16.7 Å². The van der Waals surface area contributed by atoms with Gasteiger partial charge in [-0.3, -0.25) is 4.79 Å². The van der Waals surface area contributed by atoms with Gasteiger partial charge in [0.1, 0.15) is 0 Å². The summed E-state index contributed by atoms with van der Waals surface area (Å²) < 4.78 is 4.96. The normalized spacial score (nSPS) is 25.8. The first kappa shape index (κ1) is 11.5. The summed E-state index contributed by atoms with van der Waals surface area (Å²) in [4.78, 5) is 14.1. The fourth-order valence-corrected chi connectivity index (χ4v) is 2.42. The maximum absolute atomic E-state index is 12.2. The molecule has 0 radical (unpaired) electrons. The number of nitrogens with zero attached hydrogens (tertiary/aromatic N) is 1. The van der Waals surface area contributed by atoms with Crippen molar-refractivity contribution in [2.24, 2.45) is 5.92 Å². The summed E-state index contributed by atoms with van der Waals surface area (Å²) in [6, 6.07) is 1.91. The van der Waals surface area contributed by atoms with E-state index in [-0.39, 0.29) is 17.2 Å². The summed E-state index contributed by atoms with van der Waals surface area (Å²) in [5.74, 6) is 0.529. The van der Waals surface area contributed by atoms with Gasteiger partial charge in [-0.2, -0.15) is 0 Å². The van der Waals surface area contributed by atoms with Crippen LogP contribution >= 0.6 is 11.6 Å². The lowest BCUT2D eigenvalue weighted by Gasteiger charge is -2.37. The van der Waals surface area contributed by atoms with Crippen molar-refractivity contribution in [1.82, 2.24) is 4.90 Å². The third-order valence-corrected chi connectivity index (χ3v) is 3.78. The van der Waals surface area contributed by atoms with Gasteiger partial charge in [0, 0.05) is 12.6 Å². The summed E-state index contributed by atoms with van der Waals surface area (Å²) in [5.41, 5.74) is 0.475. The highest BCUT2D eigenvalue weighted by Crippen LogP contribution is 2.26. The minimum Gasteiger partial charge on any atom is -0.452 e. The molecular weight excluding hydrogens is 226 g/mol. The van der Waals surface area contributed by atoms with Gasteiger partial charge < -0.3 is 9.32 Å². The molecule has 1 fully saturated rings. The number of hydrogen-bond donors (Lipinski definition) is 0. The summed E-state index contributed by atoms with van der Waals surface area (Å²) >= 11 is 5.82. The van der Waals surface area contributed by atoms with Crippen molar-refractivity contribution in [1.29, 1.82) is 0 Å². The zero-order valence-electron chi connectivity index (χ0n) is 9.57. The second-order valence-electron chi connectivity index (χ2n) is 4.47. The molecule has 0 aliphatic carbocycles. The Balaban J connectivity index is 2.18. The molecule has 1 saturated heterocycles. The highest BCUT2D eigenvalue weighted by molar-refractivity contribution is 6.32. The van der Waals surface area contributed by atoms with Gasteiger partial charge in [0.25, 0.3) is 5.91 Å². The molecule has 2 unspecified atom stereocenters. The van der Waals surface area contributed by atoms with Gasteiger partial charge in [0.15, 0.2) is 0 Å². The molecule has 1 aromatic rings. The number of furan rings is 1. The monoisotopic (exact) mass is 241 g/mol.